The summed E-state index contributed by atoms with van der Waals surface area (Å²) in [6, 6.07) is 1.50. The lowest BCUT2D eigenvalue weighted by atomic mass is 10.1. The summed E-state index contributed by atoms with van der Waals surface area (Å²) in [6.07, 6.45) is -2.95. The predicted octanol–water partition coefficient (Wildman–Crippen LogP) is 3.47. The maximum atomic E-state index is 12.9. The monoisotopic (exact) mass is 389 g/mol. The molecule has 0 aromatic carbocycles. The van der Waals surface area contributed by atoms with Crippen LogP contribution in [0.25, 0.3) is 0 Å². The molecule has 0 saturated heterocycles. The minimum atomic E-state index is -2.74. The van der Waals surface area contributed by atoms with Gasteiger partial charge in [0.25, 0.3) is 6.43 Å². The fourth-order valence-electron chi connectivity index (χ4n) is 1.37. The lowest BCUT2D eigenvalue weighted by molar-refractivity contribution is -0.142. The van der Waals surface area contributed by atoms with Gasteiger partial charge in [-0.05, 0) is 41.1 Å². The van der Waals surface area contributed by atoms with Crippen molar-refractivity contribution in [3.63, 3.8) is 0 Å². The quantitative estimate of drug-likeness (QED) is 0.440. The standard InChI is InChI=1S/C11H11ClF2INO2/c1-2-18-9(17)4-6-3-7(15)8(5-12)16-10(6)11(13)14/h3,11H,2,4-5H2,1H3. The van der Waals surface area contributed by atoms with Gasteiger partial charge in [0, 0.05) is 3.57 Å². The first kappa shape index (κ1) is 15.6. The summed E-state index contributed by atoms with van der Waals surface area (Å²) >= 11 is 7.56. The van der Waals surface area contributed by atoms with Gasteiger partial charge in [-0.3, -0.25) is 4.79 Å². The summed E-state index contributed by atoms with van der Waals surface area (Å²) in [5.74, 6) is -0.492. The van der Waals surface area contributed by atoms with E-state index in [1.807, 2.05) is 22.6 Å². The van der Waals surface area contributed by atoms with Crippen molar-refractivity contribution in [1.82, 2.24) is 4.98 Å². The zero-order valence-corrected chi connectivity index (χ0v) is 12.5. The fourth-order valence-corrected chi connectivity index (χ4v) is 2.49. The minimum absolute atomic E-state index is 0.0533. The first-order valence-electron chi connectivity index (χ1n) is 5.17. The number of carbonyl (C=O) groups excluding carboxylic acids is 1. The Kier molecular flexibility index (Phi) is 6.20. The van der Waals surface area contributed by atoms with Gasteiger partial charge in [0.2, 0.25) is 0 Å². The van der Waals surface area contributed by atoms with Crippen LogP contribution in [0.1, 0.15) is 30.3 Å². The van der Waals surface area contributed by atoms with E-state index >= 15 is 0 Å². The molecule has 0 bridgehead atoms. The minimum Gasteiger partial charge on any atom is -0.466 e. The number of alkyl halides is 3. The maximum Gasteiger partial charge on any atom is 0.310 e. The number of hydrogen-bond acceptors (Lipinski definition) is 3. The zero-order chi connectivity index (χ0) is 13.7. The highest BCUT2D eigenvalue weighted by Gasteiger charge is 2.20. The van der Waals surface area contributed by atoms with Gasteiger partial charge in [0.05, 0.1) is 24.6 Å². The highest BCUT2D eigenvalue weighted by Crippen LogP contribution is 2.25. The zero-order valence-electron chi connectivity index (χ0n) is 9.55. The number of aromatic nitrogens is 1. The first-order chi connectivity index (χ1) is 8.49. The molecule has 18 heavy (non-hydrogen) atoms. The summed E-state index contributed by atoms with van der Waals surface area (Å²) in [7, 11) is 0. The van der Waals surface area contributed by atoms with Crippen molar-refractivity contribution in [3.05, 3.63) is 26.6 Å². The maximum absolute atomic E-state index is 12.9. The highest BCUT2D eigenvalue weighted by molar-refractivity contribution is 14.1. The Bertz CT molecular complexity index is 443. The second-order valence-electron chi connectivity index (χ2n) is 3.38. The molecule has 1 aromatic heterocycles. The van der Waals surface area contributed by atoms with E-state index < -0.39 is 18.1 Å². The molecule has 0 spiro atoms. The first-order valence-corrected chi connectivity index (χ1v) is 6.78. The van der Waals surface area contributed by atoms with E-state index in [4.69, 9.17) is 16.3 Å². The Labute approximate surface area is 122 Å². The Hall–Kier alpha value is -0.500. The van der Waals surface area contributed by atoms with Crippen LogP contribution in [0.2, 0.25) is 0 Å². The van der Waals surface area contributed by atoms with Crippen LogP contribution in [0.5, 0.6) is 0 Å². The van der Waals surface area contributed by atoms with Crippen LogP contribution in [0.3, 0.4) is 0 Å². The summed E-state index contributed by atoms with van der Waals surface area (Å²) in [6.45, 7) is 1.87. The molecule has 0 aliphatic heterocycles. The molecule has 0 fully saturated rings. The van der Waals surface area contributed by atoms with Crippen LogP contribution in [-0.2, 0) is 21.8 Å². The smallest absolute Gasteiger partial charge is 0.310 e. The van der Waals surface area contributed by atoms with Gasteiger partial charge in [0.15, 0.2) is 0 Å². The van der Waals surface area contributed by atoms with E-state index in [1.54, 1.807) is 6.92 Å². The molecule has 100 valence electrons. The molecule has 0 atom stereocenters. The number of nitrogens with zero attached hydrogens (tertiary/aromatic N) is 1. The van der Waals surface area contributed by atoms with Gasteiger partial charge in [-0.2, -0.15) is 0 Å². The number of ether oxygens (including phenoxy) is 1. The fraction of sp³-hybridized carbons (Fsp3) is 0.455. The lowest BCUT2D eigenvalue weighted by Gasteiger charge is -2.11. The molecular weight excluding hydrogens is 378 g/mol. The van der Waals surface area contributed by atoms with Crippen LogP contribution in [0.4, 0.5) is 8.78 Å². The Morgan fingerprint density at radius 2 is 2.28 bits per heavy atom. The van der Waals surface area contributed by atoms with E-state index in [0.29, 0.717) is 9.26 Å². The van der Waals surface area contributed by atoms with E-state index in [0.717, 1.165) is 0 Å². The SMILES string of the molecule is CCOC(=O)Cc1cc(I)c(CCl)nc1C(F)F. The predicted molar refractivity (Wildman–Crippen MR) is 71.8 cm³/mol. The average Bonchev–Trinajstić information content (AvgIpc) is 2.29. The molecule has 0 radical (unpaired) electrons. The van der Waals surface area contributed by atoms with E-state index in [1.165, 1.54) is 6.07 Å². The third-order valence-electron chi connectivity index (χ3n) is 2.13. The number of carbonyl (C=O) groups is 1. The van der Waals surface area contributed by atoms with Crippen LogP contribution in [0.15, 0.2) is 6.07 Å². The van der Waals surface area contributed by atoms with Gasteiger partial charge in [-0.25, -0.2) is 13.8 Å². The Morgan fingerprint density at radius 1 is 1.61 bits per heavy atom. The molecule has 0 saturated carbocycles. The molecule has 1 heterocycles. The second-order valence-corrected chi connectivity index (χ2v) is 4.81. The Morgan fingerprint density at radius 3 is 2.78 bits per heavy atom. The van der Waals surface area contributed by atoms with Gasteiger partial charge >= 0.3 is 5.97 Å². The average molecular weight is 390 g/mol. The van der Waals surface area contributed by atoms with Crippen LogP contribution >= 0.6 is 34.2 Å². The molecular formula is C11H11ClF2INO2. The summed E-state index contributed by atoms with van der Waals surface area (Å²) < 4.78 is 31.1. The van der Waals surface area contributed by atoms with Crippen molar-refractivity contribution in [3.8, 4) is 0 Å². The molecule has 0 aliphatic carbocycles. The third kappa shape index (κ3) is 4.01. The van der Waals surface area contributed by atoms with Crippen molar-refractivity contribution in [2.45, 2.75) is 25.7 Å². The van der Waals surface area contributed by atoms with Crippen molar-refractivity contribution < 1.29 is 18.3 Å². The molecule has 1 aromatic rings. The van der Waals surface area contributed by atoms with Crippen molar-refractivity contribution in [1.29, 1.82) is 0 Å². The van der Waals surface area contributed by atoms with E-state index in [9.17, 15) is 13.6 Å². The number of pyridine rings is 1. The number of hydrogen-bond donors (Lipinski definition) is 0. The third-order valence-corrected chi connectivity index (χ3v) is 3.32. The van der Waals surface area contributed by atoms with E-state index in [-0.39, 0.29) is 24.5 Å². The number of rotatable bonds is 5. The van der Waals surface area contributed by atoms with Gasteiger partial charge < -0.3 is 4.74 Å². The molecule has 0 unspecified atom stereocenters. The number of esters is 1. The Balaban J connectivity index is 3.09. The normalized spacial score (nSPS) is 10.8. The molecule has 0 N–H and O–H groups in total. The van der Waals surface area contributed by atoms with Gasteiger partial charge in [0.1, 0.15) is 5.69 Å². The lowest BCUT2D eigenvalue weighted by Crippen LogP contribution is -2.12. The van der Waals surface area contributed by atoms with Crippen molar-refractivity contribution in [2.24, 2.45) is 0 Å². The van der Waals surface area contributed by atoms with Crippen LogP contribution in [-0.4, -0.2) is 17.6 Å². The largest absolute Gasteiger partial charge is 0.466 e. The van der Waals surface area contributed by atoms with Gasteiger partial charge in [-0.15, -0.1) is 11.6 Å². The summed E-state index contributed by atoms with van der Waals surface area (Å²) in [4.78, 5) is 15.1. The molecule has 0 aliphatic rings. The van der Waals surface area contributed by atoms with Crippen LogP contribution < -0.4 is 0 Å². The summed E-state index contributed by atoms with van der Waals surface area (Å²) in [5, 5.41) is 0. The van der Waals surface area contributed by atoms with E-state index in [2.05, 4.69) is 4.98 Å². The molecule has 7 heteroatoms. The summed E-state index contributed by atoms with van der Waals surface area (Å²) in [5.41, 5.74) is 0.168. The van der Waals surface area contributed by atoms with Gasteiger partial charge in [-0.1, -0.05) is 0 Å². The molecule has 3 nitrogen and oxygen atoms in total. The highest BCUT2D eigenvalue weighted by atomic mass is 127. The van der Waals surface area contributed by atoms with Crippen molar-refractivity contribution in [2.75, 3.05) is 6.61 Å². The number of halogens is 4. The second kappa shape index (κ2) is 7.18. The molecule has 0 amide bonds. The van der Waals surface area contributed by atoms with Crippen LogP contribution in [0, 0.1) is 3.57 Å². The molecule has 1 rings (SSSR count). The van der Waals surface area contributed by atoms with Crippen molar-refractivity contribution >= 4 is 40.2 Å². The topological polar surface area (TPSA) is 39.2 Å².